The molecule has 2 nitrogen and oxygen atoms in total. The summed E-state index contributed by atoms with van der Waals surface area (Å²) in [5, 5.41) is 1.73. The Morgan fingerprint density at radius 1 is 1.40 bits per heavy atom. The molecule has 0 spiro atoms. The van der Waals surface area contributed by atoms with Gasteiger partial charge in [-0.1, -0.05) is 0 Å². The van der Waals surface area contributed by atoms with Crippen LogP contribution in [0.3, 0.4) is 0 Å². The quantitative estimate of drug-likeness (QED) is 0.793. The van der Waals surface area contributed by atoms with Crippen molar-refractivity contribution < 1.29 is 9.18 Å². The van der Waals surface area contributed by atoms with Crippen LogP contribution in [0.2, 0.25) is 0 Å². The molecule has 0 saturated heterocycles. The highest BCUT2D eigenvalue weighted by Crippen LogP contribution is 2.18. The van der Waals surface area contributed by atoms with Gasteiger partial charge in [0.1, 0.15) is 11.5 Å². The molecule has 0 saturated carbocycles. The summed E-state index contributed by atoms with van der Waals surface area (Å²) in [6, 6.07) is 5.80. The van der Waals surface area contributed by atoms with Gasteiger partial charge in [-0.05, 0) is 51.7 Å². The molecule has 0 amide bonds. The lowest BCUT2D eigenvalue weighted by Gasteiger charge is -1.99. The standard InChI is InChI=1S/C10H5BrFNOS/c11-7-5-6(1-2-8(7)12)10(14)9-3-4-15-13-9/h1-5H. The number of hydrogen-bond donors (Lipinski definition) is 0. The molecule has 1 aromatic heterocycles. The molecule has 2 aromatic rings. The van der Waals surface area contributed by atoms with Gasteiger partial charge in [0.25, 0.3) is 0 Å². The Bertz CT molecular complexity index is 498. The summed E-state index contributed by atoms with van der Waals surface area (Å²) in [6.07, 6.45) is 0. The lowest BCUT2D eigenvalue weighted by atomic mass is 10.1. The van der Waals surface area contributed by atoms with Crippen molar-refractivity contribution >= 4 is 33.2 Å². The van der Waals surface area contributed by atoms with Crippen LogP contribution >= 0.6 is 27.5 Å². The van der Waals surface area contributed by atoms with Crippen molar-refractivity contribution in [3.63, 3.8) is 0 Å². The minimum atomic E-state index is -0.384. The van der Waals surface area contributed by atoms with Crippen molar-refractivity contribution in [2.24, 2.45) is 0 Å². The van der Waals surface area contributed by atoms with Crippen LogP contribution < -0.4 is 0 Å². The zero-order valence-corrected chi connectivity index (χ0v) is 9.81. The molecule has 15 heavy (non-hydrogen) atoms. The summed E-state index contributed by atoms with van der Waals surface area (Å²) in [5.74, 6) is -0.582. The highest BCUT2D eigenvalue weighted by molar-refractivity contribution is 9.10. The number of hydrogen-bond acceptors (Lipinski definition) is 3. The van der Waals surface area contributed by atoms with Crippen LogP contribution in [0, 0.1) is 5.82 Å². The van der Waals surface area contributed by atoms with E-state index in [1.54, 1.807) is 11.4 Å². The van der Waals surface area contributed by atoms with Gasteiger partial charge in [0.05, 0.1) is 4.47 Å². The molecule has 0 aliphatic heterocycles. The van der Waals surface area contributed by atoms with E-state index in [-0.39, 0.29) is 16.1 Å². The fourth-order valence-electron chi connectivity index (χ4n) is 1.11. The molecule has 5 heteroatoms. The van der Waals surface area contributed by atoms with Crippen molar-refractivity contribution in [2.75, 3.05) is 0 Å². The summed E-state index contributed by atoms with van der Waals surface area (Å²) < 4.78 is 17.1. The molecule has 1 aromatic carbocycles. The van der Waals surface area contributed by atoms with Gasteiger partial charge in [0.2, 0.25) is 5.78 Å². The fourth-order valence-corrected chi connectivity index (χ4v) is 2.00. The van der Waals surface area contributed by atoms with Crippen LogP contribution in [0.15, 0.2) is 34.1 Å². The number of nitrogens with zero attached hydrogens (tertiary/aromatic N) is 1. The lowest BCUT2D eigenvalue weighted by molar-refractivity contribution is 0.103. The predicted molar refractivity (Wildman–Crippen MR) is 59.6 cm³/mol. The van der Waals surface area contributed by atoms with E-state index in [1.165, 1.54) is 29.7 Å². The van der Waals surface area contributed by atoms with E-state index in [1.807, 2.05) is 0 Å². The Morgan fingerprint density at radius 2 is 2.20 bits per heavy atom. The molecule has 0 N–H and O–H groups in total. The third-order valence-electron chi connectivity index (χ3n) is 1.85. The van der Waals surface area contributed by atoms with Crippen LogP contribution in [-0.4, -0.2) is 10.2 Å². The number of benzene rings is 1. The first-order chi connectivity index (χ1) is 7.18. The van der Waals surface area contributed by atoms with E-state index >= 15 is 0 Å². The molecule has 2 rings (SSSR count). The molecule has 0 radical (unpaired) electrons. The monoisotopic (exact) mass is 285 g/mol. The Balaban J connectivity index is 2.39. The molecule has 76 valence electrons. The number of aromatic nitrogens is 1. The topological polar surface area (TPSA) is 30.0 Å². The van der Waals surface area contributed by atoms with Gasteiger partial charge in [-0.25, -0.2) is 4.39 Å². The van der Waals surface area contributed by atoms with E-state index in [0.29, 0.717) is 11.3 Å². The molecule has 1 heterocycles. The highest BCUT2D eigenvalue weighted by Gasteiger charge is 2.12. The van der Waals surface area contributed by atoms with Gasteiger partial charge < -0.3 is 0 Å². The summed E-state index contributed by atoms with van der Waals surface area (Å²) in [7, 11) is 0. The second-order valence-electron chi connectivity index (χ2n) is 2.84. The van der Waals surface area contributed by atoms with Gasteiger partial charge in [0.15, 0.2) is 0 Å². The maximum atomic E-state index is 12.9. The van der Waals surface area contributed by atoms with Gasteiger partial charge in [-0.3, -0.25) is 4.79 Å². The van der Waals surface area contributed by atoms with Crippen LogP contribution in [0.5, 0.6) is 0 Å². The van der Waals surface area contributed by atoms with Crippen LogP contribution in [-0.2, 0) is 0 Å². The number of carbonyl (C=O) groups is 1. The minimum Gasteiger partial charge on any atom is -0.287 e. The van der Waals surface area contributed by atoms with Crippen molar-refractivity contribution in [3.8, 4) is 0 Å². The molecule has 0 aliphatic rings. The van der Waals surface area contributed by atoms with Crippen LogP contribution in [0.4, 0.5) is 4.39 Å². The highest BCUT2D eigenvalue weighted by atomic mass is 79.9. The SMILES string of the molecule is O=C(c1ccc(F)c(Br)c1)c1ccsn1. The maximum Gasteiger partial charge on any atom is 0.212 e. The molecular weight excluding hydrogens is 281 g/mol. The molecule has 0 aliphatic carbocycles. The molecule has 0 fully saturated rings. The van der Waals surface area contributed by atoms with Crippen LogP contribution in [0.25, 0.3) is 0 Å². The average Bonchev–Trinajstić information content (AvgIpc) is 2.74. The zero-order valence-electron chi connectivity index (χ0n) is 7.41. The third-order valence-corrected chi connectivity index (χ3v) is 3.02. The Hall–Kier alpha value is -1.07. The molecule has 0 atom stereocenters. The minimum absolute atomic E-state index is 0.197. The second-order valence-corrected chi connectivity index (χ2v) is 4.36. The van der Waals surface area contributed by atoms with Crippen LogP contribution in [0.1, 0.15) is 16.1 Å². The largest absolute Gasteiger partial charge is 0.287 e. The number of rotatable bonds is 2. The predicted octanol–water partition coefficient (Wildman–Crippen LogP) is 3.28. The van der Waals surface area contributed by atoms with Gasteiger partial charge in [-0.15, -0.1) is 0 Å². The second kappa shape index (κ2) is 4.20. The normalized spacial score (nSPS) is 10.3. The van der Waals surface area contributed by atoms with E-state index in [0.717, 1.165) is 0 Å². The van der Waals surface area contributed by atoms with Crippen molar-refractivity contribution in [3.05, 3.63) is 51.2 Å². The molecule has 0 bridgehead atoms. The summed E-state index contributed by atoms with van der Waals surface area (Å²) in [5.41, 5.74) is 0.813. The Labute approximate surface area is 98.0 Å². The first-order valence-corrected chi connectivity index (χ1v) is 5.71. The van der Waals surface area contributed by atoms with Gasteiger partial charge >= 0.3 is 0 Å². The van der Waals surface area contributed by atoms with E-state index in [2.05, 4.69) is 20.3 Å². The summed E-state index contributed by atoms with van der Waals surface area (Å²) in [4.78, 5) is 11.8. The zero-order chi connectivity index (χ0) is 10.8. The van der Waals surface area contributed by atoms with Gasteiger partial charge in [0, 0.05) is 10.9 Å². The summed E-state index contributed by atoms with van der Waals surface area (Å²) in [6.45, 7) is 0. The third kappa shape index (κ3) is 2.13. The molecule has 0 unspecified atom stereocenters. The first kappa shape index (κ1) is 10.4. The fraction of sp³-hybridized carbons (Fsp3) is 0. The van der Waals surface area contributed by atoms with E-state index in [4.69, 9.17) is 0 Å². The number of carbonyl (C=O) groups excluding carboxylic acids is 1. The Kier molecular flexibility index (Phi) is 2.93. The number of halogens is 2. The average molecular weight is 286 g/mol. The van der Waals surface area contributed by atoms with E-state index < -0.39 is 0 Å². The molecular formula is C10H5BrFNOS. The smallest absolute Gasteiger partial charge is 0.212 e. The summed E-state index contributed by atoms with van der Waals surface area (Å²) >= 11 is 4.25. The van der Waals surface area contributed by atoms with Crippen molar-refractivity contribution in [2.45, 2.75) is 0 Å². The van der Waals surface area contributed by atoms with Crippen molar-refractivity contribution in [1.82, 2.24) is 4.37 Å². The first-order valence-electron chi connectivity index (χ1n) is 4.08. The van der Waals surface area contributed by atoms with Crippen molar-refractivity contribution in [1.29, 1.82) is 0 Å². The number of ketones is 1. The Morgan fingerprint density at radius 3 is 2.80 bits per heavy atom. The lowest BCUT2D eigenvalue weighted by Crippen LogP contribution is -2.01. The van der Waals surface area contributed by atoms with Gasteiger partial charge in [-0.2, -0.15) is 4.37 Å². The van der Waals surface area contributed by atoms with E-state index in [9.17, 15) is 9.18 Å². The maximum absolute atomic E-state index is 12.9.